The van der Waals surface area contributed by atoms with Crippen LogP contribution >= 0.6 is 0 Å². The van der Waals surface area contributed by atoms with E-state index in [4.69, 9.17) is 23.8 Å². The Morgan fingerprint density at radius 3 is 1.69 bits per heavy atom. The molecule has 12 rings (SSSR count). The van der Waals surface area contributed by atoms with E-state index < -0.39 is 22.9 Å². The number of aromatic amines is 1. The number of imidazole rings is 2. The van der Waals surface area contributed by atoms with Crippen LogP contribution in [0, 0.1) is 32.9 Å². The molecular formula is C57H54N10O7. The number of aromatic nitrogens is 10. The van der Waals surface area contributed by atoms with Crippen LogP contribution in [-0.2, 0) is 15.9 Å². The van der Waals surface area contributed by atoms with Crippen LogP contribution in [-0.4, -0.2) is 66.7 Å². The van der Waals surface area contributed by atoms with Gasteiger partial charge in [0, 0.05) is 94.0 Å². The van der Waals surface area contributed by atoms with Gasteiger partial charge in [-0.2, -0.15) is 4.73 Å². The molecule has 0 saturated heterocycles. The number of benzene rings is 2. The molecule has 17 nitrogen and oxygen atoms in total. The minimum Gasteiger partial charge on any atom is -0.619 e. The Bertz CT molecular complexity index is 3640. The number of carbonyl (C=O) groups excluding carboxylic acids is 1. The first kappa shape index (κ1) is 47.9. The third kappa shape index (κ3) is 8.56. The number of aliphatic hydroxyl groups is 2. The molecule has 2 aliphatic rings. The smallest absolute Gasteiger partial charge is 0.420 e. The Kier molecular flexibility index (Phi) is 11.8. The highest BCUT2D eigenvalue weighted by Gasteiger charge is 2.42. The molecular weight excluding hydrogens is 937 g/mol. The molecule has 0 radical (unpaired) electrons. The Labute approximate surface area is 425 Å². The van der Waals surface area contributed by atoms with E-state index in [0.29, 0.717) is 83.6 Å². The van der Waals surface area contributed by atoms with Crippen molar-refractivity contribution in [3.05, 3.63) is 196 Å². The molecule has 2 aromatic carbocycles. The van der Waals surface area contributed by atoms with Crippen molar-refractivity contribution in [3.63, 3.8) is 0 Å². The van der Waals surface area contributed by atoms with Crippen LogP contribution in [0.1, 0.15) is 126 Å². The van der Waals surface area contributed by atoms with Gasteiger partial charge in [-0.15, -0.1) is 0 Å². The van der Waals surface area contributed by atoms with Crippen molar-refractivity contribution in [3.8, 4) is 22.3 Å². The monoisotopic (exact) mass is 990 g/mol. The highest BCUT2D eigenvalue weighted by molar-refractivity contribution is 5.94. The molecule has 0 aliphatic heterocycles. The largest absolute Gasteiger partial charge is 0.619 e. The molecule has 0 spiro atoms. The van der Waals surface area contributed by atoms with Gasteiger partial charge in [0.15, 0.2) is 12.4 Å². The van der Waals surface area contributed by atoms with Gasteiger partial charge in [-0.3, -0.25) is 15.0 Å². The van der Waals surface area contributed by atoms with Gasteiger partial charge >= 0.3 is 6.09 Å². The van der Waals surface area contributed by atoms with Gasteiger partial charge in [-0.1, -0.05) is 28.5 Å². The van der Waals surface area contributed by atoms with E-state index in [0.717, 1.165) is 65.0 Å². The van der Waals surface area contributed by atoms with Crippen molar-refractivity contribution in [1.29, 1.82) is 0 Å². The molecule has 1 atom stereocenters. The zero-order chi connectivity index (χ0) is 51.7. The molecule has 74 heavy (non-hydrogen) atoms. The summed E-state index contributed by atoms with van der Waals surface area (Å²) in [6.07, 6.45) is 16.1. The first-order valence-corrected chi connectivity index (χ1v) is 24.6. The highest BCUT2D eigenvalue weighted by atomic mass is 16.6. The van der Waals surface area contributed by atoms with Crippen molar-refractivity contribution in [2.75, 3.05) is 0 Å². The minimum absolute atomic E-state index is 0.125. The molecule has 2 aliphatic carbocycles. The third-order valence-electron chi connectivity index (χ3n) is 13.7. The number of hydrogen-bond acceptors (Lipinski definition) is 14. The van der Waals surface area contributed by atoms with Gasteiger partial charge in [-0.05, 0) is 134 Å². The maximum Gasteiger partial charge on any atom is 0.420 e. The first-order valence-electron chi connectivity index (χ1n) is 24.6. The lowest BCUT2D eigenvalue weighted by atomic mass is 9.80. The van der Waals surface area contributed by atoms with Crippen molar-refractivity contribution in [2.45, 2.75) is 103 Å². The first-order chi connectivity index (χ1) is 35.5. The second-order valence-corrected chi connectivity index (χ2v) is 20.3. The second-order valence-electron chi connectivity index (χ2n) is 20.3. The van der Waals surface area contributed by atoms with Gasteiger partial charge in [0.25, 0.3) is 0 Å². The zero-order valence-electron chi connectivity index (χ0n) is 42.0. The summed E-state index contributed by atoms with van der Waals surface area (Å²) in [6.45, 7) is 13.0. The van der Waals surface area contributed by atoms with Gasteiger partial charge in [0.2, 0.25) is 0 Å². The number of carbonyl (C=O) groups is 1. The Morgan fingerprint density at radius 1 is 0.703 bits per heavy atom. The van der Waals surface area contributed by atoms with Crippen molar-refractivity contribution >= 4 is 28.2 Å². The molecule has 3 N–H and O–H groups in total. The van der Waals surface area contributed by atoms with E-state index in [1.165, 1.54) is 12.4 Å². The van der Waals surface area contributed by atoms with Crippen LogP contribution in [0.4, 0.5) is 4.79 Å². The van der Waals surface area contributed by atoms with Gasteiger partial charge in [0.05, 0.1) is 39.0 Å². The number of hydrogen-bond donors (Lipinski definition) is 3. The molecule has 0 amide bonds. The molecule has 10 aromatic rings. The number of ether oxygens (including phenoxy) is 1. The van der Waals surface area contributed by atoms with Crippen LogP contribution in [0.2, 0.25) is 0 Å². The summed E-state index contributed by atoms with van der Waals surface area (Å²) in [6, 6.07) is 21.9. The topological polar surface area (TPSA) is 231 Å². The molecule has 2 saturated carbocycles. The summed E-state index contributed by atoms with van der Waals surface area (Å²) < 4.78 is 19.0. The number of nitrogens with zero attached hydrogens (tertiary/aromatic N) is 9. The average molecular weight is 991 g/mol. The maximum atomic E-state index is 13.7. The molecule has 17 heteroatoms. The summed E-state index contributed by atoms with van der Waals surface area (Å²) in [4.78, 5) is 40.0. The lowest BCUT2D eigenvalue weighted by molar-refractivity contribution is -0.606. The average Bonchev–Trinajstić information content (AvgIpc) is 4.29. The SMILES string of the molecule is Cc1noc(C)c1-c1cc(C(O)(c2cccnc2)c2ccc[n+]([O-])c2)c2nc(C3CC3)[nH]c2c1.Cc1noc(C)c1-c1cc(C(O)(c2cccnc2)c2cccnc2)c2nc(C3CC3)n(C(=O)OC(C)(C)C)c2c1. The van der Waals surface area contributed by atoms with Crippen LogP contribution in [0.25, 0.3) is 44.3 Å². The predicted octanol–water partition coefficient (Wildman–Crippen LogP) is 10.1. The van der Waals surface area contributed by atoms with E-state index in [2.05, 4.69) is 30.2 Å². The molecule has 8 heterocycles. The summed E-state index contributed by atoms with van der Waals surface area (Å²) in [5, 5.41) is 45.8. The van der Waals surface area contributed by atoms with Crippen molar-refractivity contribution in [2.24, 2.45) is 0 Å². The lowest BCUT2D eigenvalue weighted by Crippen LogP contribution is -2.34. The van der Waals surface area contributed by atoms with Crippen molar-refractivity contribution in [1.82, 2.24) is 44.8 Å². The third-order valence-corrected chi connectivity index (χ3v) is 13.7. The van der Waals surface area contributed by atoms with Crippen LogP contribution < -0.4 is 4.73 Å². The number of nitrogens with one attached hydrogen (secondary N) is 1. The summed E-state index contributed by atoms with van der Waals surface area (Å²) >= 11 is 0. The maximum absolute atomic E-state index is 13.7. The molecule has 374 valence electrons. The van der Waals surface area contributed by atoms with E-state index in [1.807, 2.05) is 84.9 Å². The Hall–Kier alpha value is -8.41. The number of aryl methyl sites for hydroxylation is 4. The minimum atomic E-state index is -1.69. The molecule has 0 bridgehead atoms. The van der Waals surface area contributed by atoms with Crippen molar-refractivity contribution < 1.29 is 33.5 Å². The molecule has 8 aromatic heterocycles. The Balaban J connectivity index is 0.000000161. The summed E-state index contributed by atoms with van der Waals surface area (Å²) in [5.74, 6) is 3.37. The normalized spacial score (nSPS) is 14.7. The van der Waals surface area contributed by atoms with Crippen LogP contribution in [0.3, 0.4) is 0 Å². The summed E-state index contributed by atoms with van der Waals surface area (Å²) in [5.41, 5.74) is 6.20. The number of fused-ring (bicyclic) bond motifs is 2. The molecule has 2 fully saturated rings. The highest BCUT2D eigenvalue weighted by Crippen LogP contribution is 2.48. The van der Waals surface area contributed by atoms with Crippen LogP contribution in [0.15, 0.2) is 131 Å². The Morgan fingerprint density at radius 2 is 1.22 bits per heavy atom. The second kappa shape index (κ2) is 18.3. The van der Waals surface area contributed by atoms with Gasteiger partial charge in [0.1, 0.15) is 40.0 Å². The standard InChI is InChI=1S/C31H31N5O4.C26H23N5O3/c1-18-26(19(2)40-35-18)21-14-24(31(38,22-8-6-12-32-16-22)23-9-7-13-33-17-23)27-25(15-21)36(28(34-27)20-10-11-20)29(37)39-30(3,4)5;1-15-23(16(2)34-30-15)18-11-21(24-22(12-18)28-25(29-24)17-7-8-17)26(32,19-5-3-9-27-13-19)20-6-4-10-31(33)14-20/h6-9,12-17,20,38H,10-11H2,1-5H3;3-6,9-14,17,32H,7-8H2,1-2H3,(H,28,29). The zero-order valence-corrected chi connectivity index (χ0v) is 42.0. The predicted molar refractivity (Wildman–Crippen MR) is 274 cm³/mol. The summed E-state index contributed by atoms with van der Waals surface area (Å²) in [7, 11) is 0. The van der Waals surface area contributed by atoms with E-state index in [9.17, 15) is 20.2 Å². The number of rotatable bonds is 10. The van der Waals surface area contributed by atoms with E-state index >= 15 is 0 Å². The fourth-order valence-electron chi connectivity index (χ4n) is 9.98. The van der Waals surface area contributed by atoms with E-state index in [1.54, 1.807) is 78.1 Å². The fraction of sp³-hybridized carbons (Fsp3) is 0.281. The van der Waals surface area contributed by atoms with Crippen LogP contribution in [0.5, 0.6) is 0 Å². The lowest BCUT2D eigenvalue weighted by Gasteiger charge is -2.30. The number of H-pyrrole nitrogens is 1. The van der Waals surface area contributed by atoms with Gasteiger partial charge < -0.3 is 34.2 Å². The molecule has 1 unspecified atom stereocenters. The number of pyridine rings is 4. The fourth-order valence-corrected chi connectivity index (χ4v) is 9.98. The van der Waals surface area contributed by atoms with Gasteiger partial charge in [-0.25, -0.2) is 19.3 Å². The quantitative estimate of drug-likeness (QED) is 0.0855. The van der Waals surface area contributed by atoms with E-state index in [-0.39, 0.29) is 5.92 Å².